The van der Waals surface area contributed by atoms with Gasteiger partial charge in [0.1, 0.15) is 0 Å². The molecule has 0 aliphatic carbocycles. The molecule has 2 heterocycles. The average molecular weight is 278 g/mol. The Labute approximate surface area is 117 Å². The third-order valence-electron chi connectivity index (χ3n) is 2.31. The van der Waals surface area contributed by atoms with Gasteiger partial charge in [0.2, 0.25) is 11.8 Å². The lowest BCUT2D eigenvalue weighted by Crippen LogP contribution is -2.11. The van der Waals surface area contributed by atoms with E-state index in [0.717, 1.165) is 5.69 Å². The molecule has 0 saturated heterocycles. The van der Waals surface area contributed by atoms with E-state index >= 15 is 0 Å². The summed E-state index contributed by atoms with van der Waals surface area (Å²) < 4.78 is 12.7. The first kappa shape index (κ1) is 14.0. The van der Waals surface area contributed by atoms with Crippen LogP contribution in [0.15, 0.2) is 6.07 Å². The highest BCUT2D eigenvalue weighted by molar-refractivity contribution is 5.28. The number of aromatic nitrogens is 5. The number of ether oxygens (including phenoxy) is 2. The van der Waals surface area contributed by atoms with Crippen LogP contribution in [0.4, 0.5) is 5.95 Å². The van der Waals surface area contributed by atoms with Crippen LogP contribution in [0.5, 0.6) is 17.9 Å². The van der Waals surface area contributed by atoms with Crippen molar-refractivity contribution in [3.63, 3.8) is 0 Å². The number of hydrogen-bond donors (Lipinski definition) is 1. The van der Waals surface area contributed by atoms with Crippen LogP contribution in [-0.2, 0) is 7.05 Å². The normalized spacial score (nSPS) is 10.7. The summed E-state index contributed by atoms with van der Waals surface area (Å²) in [6.07, 6.45) is -0.0334. The van der Waals surface area contributed by atoms with Gasteiger partial charge in [0.05, 0.1) is 11.8 Å². The highest BCUT2D eigenvalue weighted by Crippen LogP contribution is 2.21. The molecular formula is C12H18N6O2. The molecule has 0 amide bonds. The first-order chi connectivity index (χ1) is 9.47. The summed E-state index contributed by atoms with van der Waals surface area (Å²) in [4.78, 5) is 12.4. The van der Waals surface area contributed by atoms with Gasteiger partial charge in [-0.3, -0.25) is 0 Å². The summed E-state index contributed by atoms with van der Waals surface area (Å²) in [7, 11) is 3.50. The van der Waals surface area contributed by atoms with E-state index in [0.29, 0.717) is 11.8 Å². The highest BCUT2D eigenvalue weighted by Gasteiger charge is 2.12. The van der Waals surface area contributed by atoms with Crippen LogP contribution < -0.4 is 14.8 Å². The van der Waals surface area contributed by atoms with Crippen molar-refractivity contribution in [1.82, 2.24) is 24.7 Å². The molecule has 0 atom stereocenters. The maximum absolute atomic E-state index is 5.61. The molecule has 0 bridgehead atoms. The standard InChI is InChI=1S/C12H18N6O2/c1-7(2)19-11-14-10(13-4)15-12(16-11)20-9-6-8(3)17-18(9)5/h6-7H,1-5H3,(H,13,14,15,16). The van der Waals surface area contributed by atoms with Crippen molar-refractivity contribution in [3.8, 4) is 17.9 Å². The van der Waals surface area contributed by atoms with Crippen molar-refractivity contribution in [1.29, 1.82) is 0 Å². The zero-order valence-corrected chi connectivity index (χ0v) is 12.2. The molecule has 0 unspecified atom stereocenters. The van der Waals surface area contributed by atoms with E-state index in [-0.39, 0.29) is 18.1 Å². The Hall–Kier alpha value is -2.38. The van der Waals surface area contributed by atoms with Gasteiger partial charge in [0.25, 0.3) is 0 Å². The topological polar surface area (TPSA) is 87.0 Å². The van der Waals surface area contributed by atoms with Gasteiger partial charge in [0.15, 0.2) is 0 Å². The van der Waals surface area contributed by atoms with Gasteiger partial charge in [-0.15, -0.1) is 4.98 Å². The minimum absolute atomic E-state index is 0.0334. The van der Waals surface area contributed by atoms with Crippen LogP contribution in [0, 0.1) is 6.92 Å². The van der Waals surface area contributed by atoms with Gasteiger partial charge in [-0.05, 0) is 20.8 Å². The Bertz CT molecular complexity index is 596. The van der Waals surface area contributed by atoms with E-state index in [1.165, 1.54) is 0 Å². The Morgan fingerprint density at radius 2 is 1.90 bits per heavy atom. The summed E-state index contributed by atoms with van der Waals surface area (Å²) in [6, 6.07) is 2.17. The maximum atomic E-state index is 5.61. The van der Waals surface area contributed by atoms with Crippen molar-refractivity contribution in [2.24, 2.45) is 7.05 Å². The lowest BCUT2D eigenvalue weighted by Gasteiger charge is -2.10. The Balaban J connectivity index is 2.28. The third-order valence-corrected chi connectivity index (χ3v) is 2.31. The third kappa shape index (κ3) is 3.34. The number of aryl methyl sites for hydroxylation is 2. The molecular weight excluding hydrogens is 260 g/mol. The molecule has 8 heteroatoms. The van der Waals surface area contributed by atoms with Crippen molar-refractivity contribution >= 4 is 5.95 Å². The monoisotopic (exact) mass is 278 g/mol. The van der Waals surface area contributed by atoms with Crippen molar-refractivity contribution in [3.05, 3.63) is 11.8 Å². The molecule has 2 aromatic rings. The summed E-state index contributed by atoms with van der Waals surface area (Å²) in [6.45, 7) is 5.67. The average Bonchev–Trinajstić information content (AvgIpc) is 2.66. The zero-order chi connectivity index (χ0) is 14.7. The lowest BCUT2D eigenvalue weighted by molar-refractivity contribution is 0.218. The molecule has 0 aliphatic heterocycles. The first-order valence-electron chi connectivity index (χ1n) is 6.27. The minimum Gasteiger partial charge on any atom is -0.461 e. The molecule has 0 fully saturated rings. The van der Waals surface area contributed by atoms with Gasteiger partial charge >= 0.3 is 12.0 Å². The molecule has 0 radical (unpaired) electrons. The molecule has 8 nitrogen and oxygen atoms in total. The Kier molecular flexibility index (Phi) is 4.02. The predicted octanol–water partition coefficient (Wildman–Crippen LogP) is 1.53. The van der Waals surface area contributed by atoms with Crippen LogP contribution in [0.25, 0.3) is 0 Å². The van der Waals surface area contributed by atoms with E-state index in [4.69, 9.17) is 9.47 Å². The lowest BCUT2D eigenvalue weighted by atomic mass is 10.5. The van der Waals surface area contributed by atoms with Crippen LogP contribution in [0.3, 0.4) is 0 Å². The fourth-order valence-electron chi connectivity index (χ4n) is 1.53. The number of hydrogen-bond acceptors (Lipinski definition) is 7. The Morgan fingerprint density at radius 1 is 1.20 bits per heavy atom. The molecule has 2 rings (SSSR count). The molecule has 108 valence electrons. The number of rotatable bonds is 5. The molecule has 20 heavy (non-hydrogen) atoms. The number of nitrogens with one attached hydrogen (secondary N) is 1. The zero-order valence-electron chi connectivity index (χ0n) is 12.2. The summed E-state index contributed by atoms with van der Waals surface area (Å²) in [5.41, 5.74) is 0.851. The SMILES string of the molecule is CNc1nc(Oc2cc(C)nn2C)nc(OC(C)C)n1. The van der Waals surface area contributed by atoms with Crippen molar-refractivity contribution < 1.29 is 9.47 Å². The van der Waals surface area contributed by atoms with Crippen LogP contribution in [0.2, 0.25) is 0 Å². The second kappa shape index (κ2) is 5.72. The van der Waals surface area contributed by atoms with Crippen LogP contribution in [-0.4, -0.2) is 37.9 Å². The molecule has 0 spiro atoms. The van der Waals surface area contributed by atoms with Crippen molar-refractivity contribution in [2.75, 3.05) is 12.4 Å². The number of anilines is 1. The molecule has 1 N–H and O–H groups in total. The Morgan fingerprint density at radius 3 is 2.45 bits per heavy atom. The summed E-state index contributed by atoms with van der Waals surface area (Å²) in [5.74, 6) is 0.927. The van der Waals surface area contributed by atoms with Gasteiger partial charge < -0.3 is 14.8 Å². The fourth-order valence-corrected chi connectivity index (χ4v) is 1.53. The summed E-state index contributed by atoms with van der Waals surface area (Å²) >= 11 is 0. The van der Waals surface area contributed by atoms with Crippen LogP contribution in [0.1, 0.15) is 19.5 Å². The molecule has 0 aromatic carbocycles. The van der Waals surface area contributed by atoms with Gasteiger partial charge in [-0.1, -0.05) is 0 Å². The van der Waals surface area contributed by atoms with E-state index in [9.17, 15) is 0 Å². The van der Waals surface area contributed by atoms with E-state index < -0.39 is 0 Å². The fraction of sp³-hybridized carbons (Fsp3) is 0.500. The predicted molar refractivity (Wildman–Crippen MR) is 73.2 cm³/mol. The van der Waals surface area contributed by atoms with Crippen molar-refractivity contribution in [2.45, 2.75) is 26.9 Å². The highest BCUT2D eigenvalue weighted by atomic mass is 16.5. The van der Waals surface area contributed by atoms with Gasteiger partial charge in [0, 0.05) is 20.2 Å². The minimum atomic E-state index is -0.0334. The maximum Gasteiger partial charge on any atom is 0.331 e. The molecule has 0 saturated carbocycles. The van der Waals surface area contributed by atoms with Crippen LogP contribution >= 0.6 is 0 Å². The number of nitrogens with zero attached hydrogens (tertiary/aromatic N) is 5. The quantitative estimate of drug-likeness (QED) is 0.887. The smallest absolute Gasteiger partial charge is 0.331 e. The van der Waals surface area contributed by atoms with Gasteiger partial charge in [-0.2, -0.15) is 15.1 Å². The van der Waals surface area contributed by atoms with E-state index in [1.54, 1.807) is 24.8 Å². The van der Waals surface area contributed by atoms with Gasteiger partial charge in [-0.25, -0.2) is 4.68 Å². The largest absolute Gasteiger partial charge is 0.461 e. The van der Waals surface area contributed by atoms with E-state index in [2.05, 4.69) is 25.4 Å². The second-order valence-corrected chi connectivity index (χ2v) is 4.49. The molecule has 0 aliphatic rings. The summed E-state index contributed by atoms with van der Waals surface area (Å²) in [5, 5.41) is 7.04. The second-order valence-electron chi connectivity index (χ2n) is 4.49. The molecule has 2 aromatic heterocycles. The first-order valence-corrected chi connectivity index (χ1v) is 6.27. The van der Waals surface area contributed by atoms with E-state index in [1.807, 2.05) is 20.8 Å².